The maximum atomic E-state index is 10.8. The minimum atomic E-state index is -0.967. The van der Waals surface area contributed by atoms with Crippen molar-refractivity contribution in [3.05, 3.63) is 34.3 Å². The number of halogens is 1. The van der Waals surface area contributed by atoms with Crippen molar-refractivity contribution < 1.29 is 9.90 Å². The monoisotopic (exact) mass is 268 g/mol. The molecule has 100 valence electrons. The van der Waals surface area contributed by atoms with Crippen molar-refractivity contribution in [2.75, 3.05) is 0 Å². The van der Waals surface area contributed by atoms with E-state index in [1.807, 2.05) is 6.07 Å². The first kappa shape index (κ1) is 15.0. The molecule has 0 amide bonds. The lowest BCUT2D eigenvalue weighted by molar-refractivity contribution is 0.0697. The molecule has 0 unspecified atom stereocenters. The largest absolute Gasteiger partial charge is 0.478 e. The standard InChI is InChI=1S/C15H21ClO2/c1-2-3-4-5-6-7-8-12-9-10-13(15(17)18)14(16)11-12/h9-11H,2-8H2,1H3,(H,17,18). The molecule has 1 aromatic carbocycles. The van der Waals surface area contributed by atoms with Crippen LogP contribution in [0.25, 0.3) is 0 Å². The normalized spacial score (nSPS) is 10.6. The van der Waals surface area contributed by atoms with Crippen LogP contribution in [0.3, 0.4) is 0 Å². The highest BCUT2D eigenvalue weighted by Gasteiger charge is 2.08. The van der Waals surface area contributed by atoms with Crippen LogP contribution in [-0.2, 0) is 6.42 Å². The maximum absolute atomic E-state index is 10.8. The van der Waals surface area contributed by atoms with Crippen LogP contribution in [0.4, 0.5) is 0 Å². The number of carbonyl (C=O) groups is 1. The zero-order valence-corrected chi connectivity index (χ0v) is 11.7. The van der Waals surface area contributed by atoms with E-state index in [0.29, 0.717) is 5.02 Å². The first-order chi connectivity index (χ1) is 8.65. The van der Waals surface area contributed by atoms with Crippen LogP contribution in [0.15, 0.2) is 18.2 Å². The van der Waals surface area contributed by atoms with Gasteiger partial charge in [-0.1, -0.05) is 56.7 Å². The molecule has 0 radical (unpaired) electrons. The molecular formula is C15H21ClO2. The zero-order chi connectivity index (χ0) is 13.4. The van der Waals surface area contributed by atoms with E-state index in [1.54, 1.807) is 12.1 Å². The summed E-state index contributed by atoms with van der Waals surface area (Å²) in [6.07, 6.45) is 8.55. The molecule has 0 saturated carbocycles. The third kappa shape index (κ3) is 5.09. The predicted molar refractivity (Wildman–Crippen MR) is 75.5 cm³/mol. The Morgan fingerprint density at radius 1 is 1.17 bits per heavy atom. The average Bonchev–Trinajstić information content (AvgIpc) is 2.33. The lowest BCUT2D eigenvalue weighted by atomic mass is 10.0. The van der Waals surface area contributed by atoms with Gasteiger partial charge in [-0.3, -0.25) is 0 Å². The minimum Gasteiger partial charge on any atom is -0.478 e. The van der Waals surface area contributed by atoms with E-state index in [2.05, 4.69) is 6.92 Å². The van der Waals surface area contributed by atoms with E-state index in [9.17, 15) is 4.79 Å². The van der Waals surface area contributed by atoms with Crippen molar-refractivity contribution in [1.82, 2.24) is 0 Å². The van der Waals surface area contributed by atoms with Gasteiger partial charge in [0.05, 0.1) is 10.6 Å². The van der Waals surface area contributed by atoms with Gasteiger partial charge < -0.3 is 5.11 Å². The highest BCUT2D eigenvalue weighted by molar-refractivity contribution is 6.33. The zero-order valence-electron chi connectivity index (χ0n) is 10.9. The second-order valence-electron chi connectivity index (χ2n) is 4.64. The van der Waals surface area contributed by atoms with Crippen LogP contribution in [0, 0.1) is 0 Å². The van der Waals surface area contributed by atoms with Gasteiger partial charge in [0.15, 0.2) is 0 Å². The van der Waals surface area contributed by atoms with Crippen molar-refractivity contribution in [3.63, 3.8) is 0 Å². The Labute approximate surface area is 114 Å². The number of unbranched alkanes of at least 4 members (excludes halogenated alkanes) is 5. The predicted octanol–water partition coefficient (Wildman–Crippen LogP) is 4.94. The summed E-state index contributed by atoms with van der Waals surface area (Å²) >= 11 is 5.92. The number of rotatable bonds is 8. The summed E-state index contributed by atoms with van der Waals surface area (Å²) in [5.41, 5.74) is 1.31. The van der Waals surface area contributed by atoms with Crippen LogP contribution in [0.1, 0.15) is 61.4 Å². The highest BCUT2D eigenvalue weighted by Crippen LogP contribution is 2.19. The molecule has 0 atom stereocenters. The number of aryl methyl sites for hydroxylation is 1. The van der Waals surface area contributed by atoms with Gasteiger partial charge in [0.25, 0.3) is 0 Å². The average molecular weight is 269 g/mol. The molecule has 1 rings (SSSR count). The molecule has 0 aromatic heterocycles. The number of carboxylic acids is 1. The lowest BCUT2D eigenvalue weighted by Gasteiger charge is -2.04. The Bertz CT molecular complexity index is 388. The Morgan fingerprint density at radius 3 is 2.44 bits per heavy atom. The number of aromatic carboxylic acids is 1. The van der Waals surface area contributed by atoms with Gasteiger partial charge in [-0.2, -0.15) is 0 Å². The molecule has 0 fully saturated rings. The van der Waals surface area contributed by atoms with Gasteiger partial charge in [0.1, 0.15) is 0 Å². The van der Waals surface area contributed by atoms with Crippen LogP contribution in [0.5, 0.6) is 0 Å². The summed E-state index contributed by atoms with van der Waals surface area (Å²) in [6.45, 7) is 2.21. The van der Waals surface area contributed by atoms with Gasteiger partial charge in [-0.15, -0.1) is 0 Å². The molecular weight excluding hydrogens is 248 g/mol. The van der Waals surface area contributed by atoms with E-state index < -0.39 is 5.97 Å². The Balaban J connectivity index is 2.35. The SMILES string of the molecule is CCCCCCCCc1ccc(C(=O)O)c(Cl)c1. The molecule has 1 aromatic rings. The van der Waals surface area contributed by atoms with Crippen molar-refractivity contribution in [2.45, 2.75) is 51.9 Å². The first-order valence-corrected chi connectivity index (χ1v) is 7.04. The number of hydrogen-bond donors (Lipinski definition) is 1. The van der Waals surface area contributed by atoms with E-state index in [-0.39, 0.29) is 5.56 Å². The quantitative estimate of drug-likeness (QED) is 0.678. The second kappa shape index (κ2) is 8.15. The van der Waals surface area contributed by atoms with Crippen LogP contribution >= 0.6 is 11.6 Å². The Hall–Kier alpha value is -1.02. The second-order valence-corrected chi connectivity index (χ2v) is 5.04. The van der Waals surface area contributed by atoms with Crippen LogP contribution < -0.4 is 0 Å². The first-order valence-electron chi connectivity index (χ1n) is 6.67. The fourth-order valence-corrected chi connectivity index (χ4v) is 2.28. The van der Waals surface area contributed by atoms with Crippen molar-refractivity contribution in [2.24, 2.45) is 0 Å². The van der Waals surface area contributed by atoms with E-state index in [1.165, 1.54) is 32.1 Å². The van der Waals surface area contributed by atoms with Crippen molar-refractivity contribution >= 4 is 17.6 Å². The van der Waals surface area contributed by atoms with Gasteiger partial charge in [-0.05, 0) is 30.5 Å². The minimum absolute atomic E-state index is 0.184. The number of benzene rings is 1. The van der Waals surface area contributed by atoms with Crippen LogP contribution in [-0.4, -0.2) is 11.1 Å². The summed E-state index contributed by atoms with van der Waals surface area (Å²) in [6, 6.07) is 5.23. The third-order valence-electron chi connectivity index (χ3n) is 3.08. The molecule has 0 heterocycles. The summed E-state index contributed by atoms with van der Waals surface area (Å²) in [5, 5.41) is 9.21. The fraction of sp³-hybridized carbons (Fsp3) is 0.533. The summed E-state index contributed by atoms with van der Waals surface area (Å²) in [5.74, 6) is -0.967. The van der Waals surface area contributed by atoms with Gasteiger partial charge in [0, 0.05) is 0 Å². The molecule has 0 saturated heterocycles. The van der Waals surface area contributed by atoms with Gasteiger partial charge in [0.2, 0.25) is 0 Å². The number of carboxylic acid groups (broad SMARTS) is 1. The molecule has 0 aliphatic heterocycles. The molecule has 1 N–H and O–H groups in total. The molecule has 3 heteroatoms. The molecule has 0 bridgehead atoms. The fourth-order valence-electron chi connectivity index (χ4n) is 2.00. The van der Waals surface area contributed by atoms with E-state index >= 15 is 0 Å². The van der Waals surface area contributed by atoms with Gasteiger partial charge >= 0.3 is 5.97 Å². The molecule has 0 spiro atoms. The summed E-state index contributed by atoms with van der Waals surface area (Å²) in [4.78, 5) is 10.8. The van der Waals surface area contributed by atoms with E-state index in [0.717, 1.165) is 18.4 Å². The maximum Gasteiger partial charge on any atom is 0.337 e. The van der Waals surface area contributed by atoms with Crippen molar-refractivity contribution in [3.8, 4) is 0 Å². The summed E-state index contributed by atoms with van der Waals surface area (Å²) < 4.78 is 0. The molecule has 2 nitrogen and oxygen atoms in total. The lowest BCUT2D eigenvalue weighted by Crippen LogP contribution is -1.98. The smallest absolute Gasteiger partial charge is 0.337 e. The topological polar surface area (TPSA) is 37.3 Å². The van der Waals surface area contributed by atoms with Crippen molar-refractivity contribution in [1.29, 1.82) is 0 Å². The van der Waals surface area contributed by atoms with Gasteiger partial charge in [-0.25, -0.2) is 4.79 Å². The van der Waals surface area contributed by atoms with Crippen LogP contribution in [0.2, 0.25) is 5.02 Å². The molecule has 18 heavy (non-hydrogen) atoms. The Morgan fingerprint density at radius 2 is 1.83 bits per heavy atom. The van der Waals surface area contributed by atoms with E-state index in [4.69, 9.17) is 16.7 Å². The highest BCUT2D eigenvalue weighted by atomic mass is 35.5. The summed E-state index contributed by atoms with van der Waals surface area (Å²) in [7, 11) is 0. The third-order valence-corrected chi connectivity index (χ3v) is 3.40. The Kier molecular flexibility index (Phi) is 6.81. The molecule has 0 aliphatic carbocycles. The number of hydrogen-bond acceptors (Lipinski definition) is 1. The molecule has 0 aliphatic rings.